The number of anilines is 4. The van der Waals surface area contributed by atoms with Gasteiger partial charge in [-0.05, 0) is 40.2 Å². The fourth-order valence-corrected chi connectivity index (χ4v) is 4.27. The lowest BCUT2D eigenvalue weighted by atomic mass is 10.2. The summed E-state index contributed by atoms with van der Waals surface area (Å²) in [7, 11) is 0. The number of hydrogen-bond acceptors (Lipinski definition) is 11. The Balaban J connectivity index is 1.58. The van der Waals surface area contributed by atoms with Gasteiger partial charge in [0.2, 0.25) is 17.8 Å². The highest BCUT2D eigenvalue weighted by atomic mass is 79.9. The van der Waals surface area contributed by atoms with Crippen molar-refractivity contribution in [2.45, 2.75) is 0 Å². The number of nitro benzene ring substituents is 1. The Hall–Kier alpha value is -3.36. The zero-order chi connectivity index (χ0) is 24.1. The molecule has 34 heavy (non-hydrogen) atoms. The summed E-state index contributed by atoms with van der Waals surface area (Å²) >= 11 is 6.66. The Morgan fingerprint density at radius 3 is 2.53 bits per heavy atom. The lowest BCUT2D eigenvalue weighted by Gasteiger charge is -2.27. The van der Waals surface area contributed by atoms with E-state index in [1.54, 1.807) is 24.3 Å². The highest BCUT2D eigenvalue weighted by Crippen LogP contribution is 2.30. The van der Waals surface area contributed by atoms with Crippen molar-refractivity contribution in [3.05, 3.63) is 61.0 Å². The topological polar surface area (TPSA) is 151 Å². The van der Waals surface area contributed by atoms with Crippen molar-refractivity contribution in [1.82, 2.24) is 15.0 Å². The second kappa shape index (κ2) is 10.7. The van der Waals surface area contributed by atoms with Crippen LogP contribution in [0.2, 0.25) is 0 Å². The summed E-state index contributed by atoms with van der Waals surface area (Å²) in [5, 5.41) is 28.3. The van der Waals surface area contributed by atoms with E-state index in [1.165, 1.54) is 18.3 Å². The maximum absolute atomic E-state index is 10.9. The quantitative estimate of drug-likeness (QED) is 0.208. The molecule has 0 bridgehead atoms. The molecule has 3 N–H and O–H groups in total. The first kappa shape index (κ1) is 23.8. The third-order valence-electron chi connectivity index (χ3n) is 4.68. The van der Waals surface area contributed by atoms with Gasteiger partial charge in [0.1, 0.15) is 5.75 Å². The summed E-state index contributed by atoms with van der Waals surface area (Å²) in [5.74, 6) is 0.870. The number of halogens is 2. The first-order chi connectivity index (χ1) is 16.4. The molecule has 0 radical (unpaired) electrons. The molecule has 1 fully saturated rings. The Bertz CT molecular complexity index is 1220. The number of phenols is 1. The van der Waals surface area contributed by atoms with Gasteiger partial charge in [0.25, 0.3) is 5.69 Å². The predicted octanol–water partition coefficient (Wildman–Crippen LogP) is 4.04. The Kier molecular flexibility index (Phi) is 7.49. The van der Waals surface area contributed by atoms with Gasteiger partial charge >= 0.3 is 0 Å². The summed E-state index contributed by atoms with van der Waals surface area (Å²) in [5.41, 5.74) is 3.79. The molecule has 4 rings (SSSR count). The van der Waals surface area contributed by atoms with Gasteiger partial charge in [-0.25, -0.2) is 5.43 Å². The predicted molar refractivity (Wildman–Crippen MR) is 134 cm³/mol. The van der Waals surface area contributed by atoms with Gasteiger partial charge in [0.15, 0.2) is 0 Å². The number of phenolic OH excluding ortho intramolecular Hbond substituents is 1. The van der Waals surface area contributed by atoms with E-state index in [0.717, 1.165) is 4.47 Å². The largest absolute Gasteiger partial charge is 0.506 e. The van der Waals surface area contributed by atoms with E-state index in [2.05, 4.69) is 62.7 Å². The molecule has 1 saturated heterocycles. The minimum Gasteiger partial charge on any atom is -0.506 e. The molecular weight excluding hydrogens is 576 g/mol. The smallest absolute Gasteiger partial charge is 0.269 e. The SMILES string of the molecule is O=[N+]([O-])c1ccc(Nc2nc(N/N=C/c3cc(Br)cc(Br)c3O)nc(N3CCOCC3)n2)cc1. The molecule has 2 aromatic carbocycles. The Morgan fingerprint density at radius 2 is 1.82 bits per heavy atom. The molecule has 0 saturated carbocycles. The van der Waals surface area contributed by atoms with E-state index in [-0.39, 0.29) is 23.3 Å². The second-order valence-corrected chi connectivity index (χ2v) is 8.78. The summed E-state index contributed by atoms with van der Waals surface area (Å²) < 4.78 is 6.69. The maximum Gasteiger partial charge on any atom is 0.269 e. The molecule has 0 aliphatic carbocycles. The number of aromatic hydroxyl groups is 1. The minimum atomic E-state index is -0.467. The van der Waals surface area contributed by atoms with Crippen molar-refractivity contribution in [2.75, 3.05) is 41.9 Å². The zero-order valence-electron chi connectivity index (χ0n) is 17.5. The van der Waals surface area contributed by atoms with E-state index in [0.29, 0.717) is 48.0 Å². The van der Waals surface area contributed by atoms with Crippen molar-refractivity contribution in [2.24, 2.45) is 5.10 Å². The van der Waals surface area contributed by atoms with Crippen molar-refractivity contribution >= 4 is 67.3 Å². The van der Waals surface area contributed by atoms with Gasteiger partial charge in [0.05, 0.1) is 28.8 Å². The maximum atomic E-state index is 10.9. The number of nitro groups is 1. The number of rotatable bonds is 7. The second-order valence-electron chi connectivity index (χ2n) is 7.01. The fraction of sp³-hybridized carbons (Fsp3) is 0.200. The fourth-order valence-electron chi connectivity index (χ4n) is 3.01. The van der Waals surface area contributed by atoms with E-state index in [1.807, 2.05) is 4.90 Å². The van der Waals surface area contributed by atoms with E-state index < -0.39 is 4.92 Å². The van der Waals surface area contributed by atoms with Crippen LogP contribution in [0.3, 0.4) is 0 Å². The lowest BCUT2D eigenvalue weighted by molar-refractivity contribution is -0.384. The third-order valence-corrected chi connectivity index (χ3v) is 5.74. The van der Waals surface area contributed by atoms with Crippen LogP contribution in [0.1, 0.15) is 5.56 Å². The molecule has 1 aliphatic rings. The molecule has 0 unspecified atom stereocenters. The summed E-state index contributed by atoms with van der Waals surface area (Å²) in [6.45, 7) is 2.33. The van der Waals surface area contributed by atoms with E-state index >= 15 is 0 Å². The number of non-ortho nitro benzene ring substituents is 1. The summed E-state index contributed by atoms with van der Waals surface area (Å²) in [4.78, 5) is 25.6. The molecule has 3 aromatic rings. The van der Waals surface area contributed by atoms with Crippen LogP contribution in [0, 0.1) is 10.1 Å². The Morgan fingerprint density at radius 1 is 1.12 bits per heavy atom. The van der Waals surface area contributed by atoms with Crippen molar-refractivity contribution < 1.29 is 14.8 Å². The van der Waals surface area contributed by atoms with Crippen LogP contribution in [0.15, 0.2) is 50.4 Å². The average molecular weight is 594 g/mol. The number of nitrogens with one attached hydrogen (secondary N) is 2. The van der Waals surface area contributed by atoms with E-state index in [4.69, 9.17) is 4.74 Å². The van der Waals surface area contributed by atoms with Crippen LogP contribution in [0.25, 0.3) is 0 Å². The number of morpholine rings is 1. The first-order valence-corrected chi connectivity index (χ1v) is 11.5. The molecule has 0 spiro atoms. The first-order valence-electron chi connectivity index (χ1n) is 9.96. The standard InChI is InChI=1S/C20H18Br2N8O4/c21-13-9-12(17(31)16(22)10-13)11-23-28-19-25-18(24-14-1-3-15(4-2-14)30(32)33)26-20(27-19)29-5-7-34-8-6-29/h1-4,9-11,31H,5-8H2,(H2,24,25,26,27,28)/b23-11+. The number of nitrogens with zero attached hydrogens (tertiary/aromatic N) is 6. The van der Waals surface area contributed by atoms with Gasteiger partial charge in [-0.15, -0.1) is 0 Å². The number of ether oxygens (including phenoxy) is 1. The highest BCUT2D eigenvalue weighted by molar-refractivity contribution is 9.11. The van der Waals surface area contributed by atoms with Crippen molar-refractivity contribution in [3.8, 4) is 5.75 Å². The zero-order valence-corrected chi connectivity index (χ0v) is 20.7. The molecule has 176 valence electrons. The number of benzene rings is 2. The summed E-state index contributed by atoms with van der Waals surface area (Å²) in [6, 6.07) is 9.33. The van der Waals surface area contributed by atoms with Gasteiger partial charge in [-0.2, -0.15) is 20.1 Å². The molecule has 0 amide bonds. The van der Waals surface area contributed by atoms with Gasteiger partial charge in [-0.3, -0.25) is 10.1 Å². The van der Waals surface area contributed by atoms with Crippen LogP contribution >= 0.6 is 31.9 Å². The molecule has 2 heterocycles. The normalized spacial score (nSPS) is 13.8. The van der Waals surface area contributed by atoms with Crippen molar-refractivity contribution in [3.63, 3.8) is 0 Å². The van der Waals surface area contributed by atoms with Crippen LogP contribution in [0.4, 0.5) is 29.2 Å². The average Bonchev–Trinajstić information content (AvgIpc) is 2.83. The minimum absolute atomic E-state index is 0.0191. The summed E-state index contributed by atoms with van der Waals surface area (Å²) in [6.07, 6.45) is 1.44. The number of aromatic nitrogens is 3. The molecule has 1 aromatic heterocycles. The monoisotopic (exact) mass is 592 g/mol. The molecule has 0 atom stereocenters. The third kappa shape index (κ3) is 5.95. The van der Waals surface area contributed by atoms with Gasteiger partial charge < -0.3 is 20.1 Å². The van der Waals surface area contributed by atoms with Gasteiger partial charge in [-0.1, -0.05) is 15.9 Å². The van der Waals surface area contributed by atoms with Gasteiger partial charge in [0, 0.05) is 40.9 Å². The molecule has 1 aliphatic heterocycles. The lowest BCUT2D eigenvalue weighted by Crippen LogP contribution is -2.37. The Labute approximate surface area is 210 Å². The van der Waals surface area contributed by atoms with Crippen LogP contribution in [0.5, 0.6) is 5.75 Å². The van der Waals surface area contributed by atoms with Crippen molar-refractivity contribution in [1.29, 1.82) is 0 Å². The van der Waals surface area contributed by atoms with E-state index in [9.17, 15) is 15.2 Å². The number of hydrogen-bond donors (Lipinski definition) is 3. The number of hydrazone groups is 1. The molecular formula is C20H18Br2N8O4. The van der Waals surface area contributed by atoms with Crippen LogP contribution in [-0.2, 0) is 4.74 Å². The molecule has 12 nitrogen and oxygen atoms in total. The van der Waals surface area contributed by atoms with Crippen LogP contribution < -0.4 is 15.6 Å². The van der Waals surface area contributed by atoms with Crippen LogP contribution in [-0.4, -0.2) is 57.5 Å². The molecule has 14 heteroatoms. The highest BCUT2D eigenvalue weighted by Gasteiger charge is 2.17.